The maximum absolute atomic E-state index is 12.9. The van der Waals surface area contributed by atoms with Crippen LogP contribution in [0.25, 0.3) is 0 Å². The predicted octanol–water partition coefficient (Wildman–Crippen LogP) is 0.0124. The van der Waals surface area contributed by atoms with Crippen LogP contribution in [-0.4, -0.2) is 66.2 Å². The van der Waals surface area contributed by atoms with Crippen molar-refractivity contribution in [2.45, 2.75) is 43.6 Å². The second-order valence-electron chi connectivity index (χ2n) is 6.67. The van der Waals surface area contributed by atoms with Crippen LogP contribution in [0.1, 0.15) is 18.9 Å². The Morgan fingerprint density at radius 3 is 2.54 bits per heavy atom. The molecule has 0 saturated carbocycles. The molecule has 1 amide bonds. The molecule has 0 radical (unpaired) electrons. The first-order chi connectivity index (χ1) is 12.1. The lowest BCUT2D eigenvalue weighted by atomic mass is 9.84. The summed E-state index contributed by atoms with van der Waals surface area (Å²) in [6.45, 7) is 4.98. The Morgan fingerprint density at radius 2 is 2.00 bits per heavy atom. The summed E-state index contributed by atoms with van der Waals surface area (Å²) in [5.41, 5.74) is -0.401. The summed E-state index contributed by atoms with van der Waals surface area (Å²) in [5, 5.41) is 9.94. The molecule has 0 bridgehead atoms. The first-order valence-corrected chi connectivity index (χ1v) is 9.86. The van der Waals surface area contributed by atoms with Crippen molar-refractivity contribution in [2.75, 3.05) is 13.2 Å². The highest BCUT2D eigenvalue weighted by Gasteiger charge is 2.71. The Kier molecular flexibility index (Phi) is 4.62. The summed E-state index contributed by atoms with van der Waals surface area (Å²) in [7, 11) is -5.09. The summed E-state index contributed by atoms with van der Waals surface area (Å²) in [6, 6.07) is 5.35. The van der Waals surface area contributed by atoms with Crippen LogP contribution in [0, 0.1) is 6.92 Å². The van der Waals surface area contributed by atoms with E-state index in [-0.39, 0.29) is 24.5 Å². The average molecular weight is 380 g/mol. The van der Waals surface area contributed by atoms with E-state index in [1.807, 2.05) is 6.92 Å². The van der Waals surface area contributed by atoms with Gasteiger partial charge in [-0.3, -0.25) is 4.79 Å². The van der Waals surface area contributed by atoms with E-state index in [1.165, 1.54) is 19.0 Å². The number of amides is 1. The number of hydrogen-bond donors (Lipinski definition) is 1. The highest BCUT2D eigenvalue weighted by molar-refractivity contribution is 7.89. The number of benzene rings is 1. The second-order valence-corrected chi connectivity index (χ2v) is 8.53. The molecule has 2 fully saturated rings. The second kappa shape index (κ2) is 6.36. The van der Waals surface area contributed by atoms with E-state index in [1.54, 1.807) is 19.1 Å². The van der Waals surface area contributed by atoms with Gasteiger partial charge in [-0.2, -0.15) is 4.31 Å². The molecule has 1 unspecified atom stereocenters. The van der Waals surface area contributed by atoms with E-state index in [4.69, 9.17) is 4.74 Å². The number of esters is 1. The Balaban J connectivity index is 1.91. The van der Waals surface area contributed by atoms with Gasteiger partial charge in [0, 0.05) is 13.0 Å². The van der Waals surface area contributed by atoms with Crippen LogP contribution >= 0.6 is 0 Å². The molecule has 0 aromatic heterocycles. The van der Waals surface area contributed by atoms with Gasteiger partial charge in [-0.25, -0.2) is 13.2 Å². The summed E-state index contributed by atoms with van der Waals surface area (Å²) < 4.78 is 31.8. The normalized spacial score (nSPS) is 27.7. The van der Waals surface area contributed by atoms with Crippen LogP contribution in [0.3, 0.4) is 0 Å². The maximum Gasteiger partial charge on any atom is 0.412 e. The molecule has 10 heteroatoms. The summed E-state index contributed by atoms with van der Waals surface area (Å²) in [5.74, 6) is -1.21. The van der Waals surface area contributed by atoms with Crippen LogP contribution in [0.4, 0.5) is 0 Å². The minimum atomic E-state index is -3.87. The average Bonchev–Trinajstić information content (AvgIpc) is 3.23. The molecule has 1 N–H and O–H groups in total. The Morgan fingerprint density at radius 1 is 1.38 bits per heavy atom. The van der Waals surface area contributed by atoms with Crippen molar-refractivity contribution in [1.29, 1.82) is 0 Å². The number of nitrogens with zero attached hydrogens (tertiary/aromatic N) is 2. The molecule has 2 aliphatic rings. The van der Waals surface area contributed by atoms with Crippen LogP contribution < -0.4 is 0 Å². The van der Waals surface area contributed by atoms with Crippen LogP contribution in [0.5, 0.6) is 0 Å². The molecule has 26 heavy (non-hydrogen) atoms. The maximum atomic E-state index is 12.9. The molecule has 2 aliphatic heterocycles. The molecule has 1 spiro atoms. The third-order valence-corrected chi connectivity index (χ3v) is 6.78. The number of sulfonamides is 1. The van der Waals surface area contributed by atoms with Crippen molar-refractivity contribution in [2.24, 2.45) is 0 Å². The minimum Gasteiger partial charge on any atom is -0.464 e. The zero-order chi connectivity index (χ0) is 19.3. The van der Waals surface area contributed by atoms with Crippen LogP contribution in [0.15, 0.2) is 29.2 Å². The topological polar surface area (TPSA) is 104 Å². The monoisotopic (exact) mass is 380 g/mol. The van der Waals surface area contributed by atoms with Crippen molar-refractivity contribution in [3.05, 3.63) is 29.8 Å². The van der Waals surface area contributed by atoms with Gasteiger partial charge in [0.25, 0.3) is 0 Å². The minimum absolute atomic E-state index is 0.0127. The lowest BCUT2D eigenvalue weighted by Crippen LogP contribution is -2.49. The molecular formula is C16H21BN2O6S. The van der Waals surface area contributed by atoms with Gasteiger partial charge in [0.05, 0.1) is 11.5 Å². The largest absolute Gasteiger partial charge is 0.464 e. The first kappa shape index (κ1) is 18.9. The van der Waals surface area contributed by atoms with E-state index in [2.05, 4.69) is 0 Å². The molecule has 140 valence electrons. The number of carbonyl (C=O) groups is 2. The van der Waals surface area contributed by atoms with E-state index in [0.717, 1.165) is 14.7 Å². The van der Waals surface area contributed by atoms with Gasteiger partial charge in [0.2, 0.25) is 15.9 Å². The molecule has 1 aromatic carbocycles. The third-order valence-electron chi connectivity index (χ3n) is 4.85. The highest BCUT2D eigenvalue weighted by atomic mass is 32.2. The van der Waals surface area contributed by atoms with E-state index >= 15 is 0 Å². The molecule has 0 aliphatic carbocycles. The summed E-state index contributed by atoms with van der Waals surface area (Å²) in [4.78, 5) is 26.1. The lowest BCUT2D eigenvalue weighted by molar-refractivity contribution is -0.149. The van der Waals surface area contributed by atoms with Gasteiger partial charge in [-0.1, -0.05) is 17.7 Å². The number of carbonyl (C=O) groups excluding carboxylic acids is 2. The highest BCUT2D eigenvalue weighted by Crippen LogP contribution is 2.48. The van der Waals surface area contributed by atoms with Gasteiger partial charge in [0.1, 0.15) is 11.6 Å². The zero-order valence-electron chi connectivity index (χ0n) is 14.9. The van der Waals surface area contributed by atoms with Crippen molar-refractivity contribution in [3.8, 4) is 0 Å². The molecule has 3 atom stereocenters. The van der Waals surface area contributed by atoms with Gasteiger partial charge < -0.3 is 14.6 Å². The Labute approximate surface area is 152 Å². The van der Waals surface area contributed by atoms with E-state index in [9.17, 15) is 23.0 Å². The SMILES string of the molecule is CCOC(=O)[C@@H]1C[C@]2(CN2S(=O)(=O)c2ccc(C)cc2)C(=O)N1B(C)O. The van der Waals surface area contributed by atoms with Gasteiger partial charge in [-0.15, -0.1) is 0 Å². The van der Waals surface area contributed by atoms with E-state index < -0.39 is 40.5 Å². The van der Waals surface area contributed by atoms with Crippen molar-refractivity contribution in [1.82, 2.24) is 9.12 Å². The standard InChI is InChI=1S/C16H21BN2O6S/c1-4-25-14(20)13-9-16(15(21)19(13)17(3)22)10-18(16)26(23,24)12-7-5-11(2)6-8-12/h5-8,13,22H,4,9-10H2,1-3H3/t13-,16-,18?/m0/s1. The zero-order valence-corrected chi connectivity index (χ0v) is 15.7. The Bertz CT molecular complexity index is 841. The van der Waals surface area contributed by atoms with Crippen molar-refractivity contribution >= 4 is 29.0 Å². The van der Waals surface area contributed by atoms with Crippen LogP contribution in [-0.2, 0) is 24.3 Å². The summed E-state index contributed by atoms with van der Waals surface area (Å²) in [6.07, 6.45) is -0.0271. The predicted molar refractivity (Wildman–Crippen MR) is 93.5 cm³/mol. The van der Waals surface area contributed by atoms with Crippen molar-refractivity contribution in [3.63, 3.8) is 0 Å². The fourth-order valence-electron chi connectivity index (χ4n) is 3.45. The fraction of sp³-hybridized carbons (Fsp3) is 0.500. The number of hydrogen-bond acceptors (Lipinski definition) is 6. The number of aryl methyl sites for hydroxylation is 1. The molecular weight excluding hydrogens is 359 g/mol. The van der Waals surface area contributed by atoms with Gasteiger partial charge in [0.15, 0.2) is 0 Å². The van der Waals surface area contributed by atoms with E-state index in [0.29, 0.717) is 0 Å². The number of ether oxygens (including phenoxy) is 1. The van der Waals surface area contributed by atoms with Crippen molar-refractivity contribution < 1.29 is 27.8 Å². The molecule has 2 heterocycles. The molecule has 2 saturated heterocycles. The molecule has 1 aromatic rings. The quantitative estimate of drug-likeness (QED) is 0.439. The smallest absolute Gasteiger partial charge is 0.412 e. The Hall–Kier alpha value is -1.91. The molecule has 8 nitrogen and oxygen atoms in total. The summed E-state index contributed by atoms with van der Waals surface area (Å²) >= 11 is 0. The third kappa shape index (κ3) is 2.82. The fourth-order valence-corrected chi connectivity index (χ4v) is 5.18. The molecule has 3 rings (SSSR count). The first-order valence-electron chi connectivity index (χ1n) is 8.42. The lowest BCUT2D eigenvalue weighted by Gasteiger charge is -2.23. The van der Waals surface area contributed by atoms with Crippen LogP contribution in [0.2, 0.25) is 6.82 Å². The van der Waals surface area contributed by atoms with Gasteiger partial charge in [-0.05, 0) is 32.8 Å². The number of rotatable bonds is 5. The van der Waals surface area contributed by atoms with Gasteiger partial charge >= 0.3 is 13.0 Å².